The van der Waals surface area contributed by atoms with Gasteiger partial charge in [0.15, 0.2) is 5.96 Å². The largest absolute Gasteiger partial charge is 0.356 e. The highest BCUT2D eigenvalue weighted by atomic mass is 16.2. The van der Waals surface area contributed by atoms with Gasteiger partial charge in [-0.1, -0.05) is 23.8 Å². The lowest BCUT2D eigenvalue weighted by Crippen LogP contribution is -2.44. The SMILES string of the molecule is CN=C(NCCC1=CCCCC1)NCCN1C(=O)C2C3C=CC(C3)C2C1=O. The van der Waals surface area contributed by atoms with Crippen molar-refractivity contribution in [2.24, 2.45) is 28.7 Å². The van der Waals surface area contributed by atoms with Gasteiger partial charge >= 0.3 is 0 Å². The minimum Gasteiger partial charge on any atom is -0.356 e. The van der Waals surface area contributed by atoms with Crippen LogP contribution in [0.2, 0.25) is 0 Å². The molecule has 4 rings (SSSR count). The van der Waals surface area contributed by atoms with Crippen molar-refractivity contribution in [3.63, 3.8) is 0 Å². The highest BCUT2D eigenvalue weighted by molar-refractivity contribution is 6.06. The van der Waals surface area contributed by atoms with Gasteiger partial charge in [-0.3, -0.25) is 19.5 Å². The maximum Gasteiger partial charge on any atom is 0.233 e. The van der Waals surface area contributed by atoms with Crippen molar-refractivity contribution in [3.05, 3.63) is 23.8 Å². The molecule has 0 spiro atoms. The molecule has 2 N–H and O–H groups in total. The molecule has 0 aromatic rings. The quantitative estimate of drug-likeness (QED) is 0.324. The summed E-state index contributed by atoms with van der Waals surface area (Å²) in [5.41, 5.74) is 1.53. The van der Waals surface area contributed by atoms with E-state index in [2.05, 4.69) is 33.9 Å². The summed E-state index contributed by atoms with van der Waals surface area (Å²) in [6, 6.07) is 0. The van der Waals surface area contributed by atoms with Crippen LogP contribution in [0.15, 0.2) is 28.8 Å². The molecule has 3 aliphatic carbocycles. The number of imide groups is 1. The molecule has 2 fully saturated rings. The second kappa shape index (κ2) is 7.87. The number of amides is 2. The van der Waals surface area contributed by atoms with E-state index in [1.165, 1.54) is 36.2 Å². The Hall–Kier alpha value is -2.11. The van der Waals surface area contributed by atoms with Crippen molar-refractivity contribution in [2.75, 3.05) is 26.7 Å². The van der Waals surface area contributed by atoms with Crippen molar-refractivity contribution < 1.29 is 9.59 Å². The summed E-state index contributed by atoms with van der Waals surface area (Å²) in [5, 5.41) is 6.56. The van der Waals surface area contributed by atoms with E-state index in [1.807, 2.05) is 0 Å². The maximum absolute atomic E-state index is 12.7. The standard InChI is InChI=1S/C21H30N4O2/c1-22-21(23-10-9-14-5-3-2-4-6-14)24-11-12-25-19(26)17-15-7-8-16(13-15)18(17)20(25)27/h5,7-8,15-18H,2-4,6,9-13H2,1H3,(H2,22,23,24). The van der Waals surface area contributed by atoms with Crippen LogP contribution in [0.5, 0.6) is 0 Å². The molecule has 1 saturated heterocycles. The number of likely N-dealkylation sites (tertiary alicyclic amines) is 1. The van der Waals surface area contributed by atoms with Crippen LogP contribution in [0.1, 0.15) is 38.5 Å². The van der Waals surface area contributed by atoms with Crippen LogP contribution in [-0.4, -0.2) is 49.4 Å². The zero-order valence-corrected chi connectivity index (χ0v) is 16.1. The number of nitrogens with zero attached hydrogens (tertiary/aromatic N) is 2. The third-order valence-electron chi connectivity index (χ3n) is 6.54. The number of nitrogens with one attached hydrogen (secondary N) is 2. The normalized spacial score (nSPS) is 32.1. The molecule has 4 aliphatic rings. The van der Waals surface area contributed by atoms with Crippen LogP contribution in [0, 0.1) is 23.7 Å². The summed E-state index contributed by atoms with van der Waals surface area (Å²) in [6.07, 6.45) is 13.7. The Morgan fingerprint density at radius 2 is 1.81 bits per heavy atom. The van der Waals surface area contributed by atoms with E-state index in [9.17, 15) is 9.59 Å². The summed E-state index contributed by atoms with van der Waals surface area (Å²) < 4.78 is 0. The number of hydrogen-bond acceptors (Lipinski definition) is 3. The summed E-state index contributed by atoms with van der Waals surface area (Å²) in [5.74, 6) is 1.12. The first-order valence-electron chi connectivity index (χ1n) is 10.3. The lowest BCUT2D eigenvalue weighted by atomic mass is 9.85. The second-order valence-electron chi connectivity index (χ2n) is 8.11. The Morgan fingerprint density at radius 1 is 1.11 bits per heavy atom. The Kier molecular flexibility index (Phi) is 5.32. The molecule has 0 aromatic carbocycles. The van der Waals surface area contributed by atoms with Crippen LogP contribution in [0.3, 0.4) is 0 Å². The van der Waals surface area contributed by atoms with Crippen LogP contribution in [-0.2, 0) is 9.59 Å². The van der Waals surface area contributed by atoms with Gasteiger partial charge < -0.3 is 10.6 Å². The number of hydrogen-bond donors (Lipinski definition) is 2. The molecule has 0 radical (unpaired) electrons. The Bertz CT molecular complexity index is 666. The van der Waals surface area contributed by atoms with Gasteiger partial charge in [-0.2, -0.15) is 0 Å². The number of rotatable bonds is 6. The van der Waals surface area contributed by atoms with Gasteiger partial charge in [0, 0.05) is 26.7 Å². The molecule has 1 saturated carbocycles. The van der Waals surface area contributed by atoms with E-state index in [4.69, 9.17) is 0 Å². The lowest BCUT2D eigenvalue weighted by Gasteiger charge is -2.19. The van der Waals surface area contributed by atoms with E-state index in [0.29, 0.717) is 13.1 Å². The zero-order valence-electron chi connectivity index (χ0n) is 16.1. The van der Waals surface area contributed by atoms with Gasteiger partial charge in [0.2, 0.25) is 11.8 Å². The number of carbonyl (C=O) groups is 2. The Labute approximate surface area is 161 Å². The molecule has 6 heteroatoms. The van der Waals surface area contributed by atoms with E-state index in [-0.39, 0.29) is 35.5 Å². The van der Waals surface area contributed by atoms with Gasteiger partial charge in [0.05, 0.1) is 11.8 Å². The summed E-state index contributed by atoms with van der Waals surface area (Å²) in [7, 11) is 1.75. The van der Waals surface area contributed by atoms with Crippen molar-refractivity contribution in [3.8, 4) is 0 Å². The summed E-state index contributed by atoms with van der Waals surface area (Å²) in [6.45, 7) is 1.80. The monoisotopic (exact) mass is 370 g/mol. The van der Waals surface area contributed by atoms with Crippen molar-refractivity contribution in [2.45, 2.75) is 38.5 Å². The molecule has 4 atom stereocenters. The first-order chi connectivity index (χ1) is 13.2. The Morgan fingerprint density at radius 3 is 2.44 bits per heavy atom. The zero-order chi connectivity index (χ0) is 18.8. The molecule has 1 aliphatic heterocycles. The van der Waals surface area contributed by atoms with Crippen molar-refractivity contribution in [1.29, 1.82) is 0 Å². The molecule has 4 unspecified atom stereocenters. The first-order valence-corrected chi connectivity index (χ1v) is 10.3. The minimum absolute atomic E-state index is 0.0239. The molecule has 2 bridgehead atoms. The Balaban J connectivity index is 1.21. The number of fused-ring (bicyclic) bond motifs is 5. The molecular weight excluding hydrogens is 340 g/mol. The smallest absolute Gasteiger partial charge is 0.233 e. The first kappa shape index (κ1) is 18.3. The van der Waals surface area contributed by atoms with Crippen LogP contribution >= 0.6 is 0 Å². The molecule has 0 aromatic heterocycles. The van der Waals surface area contributed by atoms with Crippen LogP contribution in [0.25, 0.3) is 0 Å². The number of guanidine groups is 1. The van der Waals surface area contributed by atoms with E-state index < -0.39 is 0 Å². The van der Waals surface area contributed by atoms with E-state index in [0.717, 1.165) is 25.3 Å². The molecule has 1 heterocycles. The predicted molar refractivity (Wildman–Crippen MR) is 105 cm³/mol. The van der Waals surface area contributed by atoms with Gasteiger partial charge in [-0.05, 0) is 50.4 Å². The highest BCUT2D eigenvalue weighted by Gasteiger charge is 2.58. The van der Waals surface area contributed by atoms with E-state index >= 15 is 0 Å². The fraction of sp³-hybridized carbons (Fsp3) is 0.667. The molecule has 27 heavy (non-hydrogen) atoms. The highest BCUT2D eigenvalue weighted by Crippen LogP contribution is 2.52. The summed E-state index contributed by atoms with van der Waals surface area (Å²) >= 11 is 0. The van der Waals surface area contributed by atoms with Crippen LogP contribution in [0.4, 0.5) is 0 Å². The van der Waals surface area contributed by atoms with E-state index in [1.54, 1.807) is 7.05 Å². The lowest BCUT2D eigenvalue weighted by molar-refractivity contribution is -0.140. The maximum atomic E-state index is 12.7. The van der Waals surface area contributed by atoms with Crippen molar-refractivity contribution in [1.82, 2.24) is 15.5 Å². The molecule has 146 valence electrons. The topological polar surface area (TPSA) is 73.8 Å². The second-order valence-corrected chi connectivity index (χ2v) is 8.11. The number of aliphatic imine (C=N–C) groups is 1. The fourth-order valence-corrected chi connectivity index (χ4v) is 5.16. The number of carbonyl (C=O) groups excluding carboxylic acids is 2. The average molecular weight is 370 g/mol. The molecular formula is C21H30N4O2. The fourth-order valence-electron chi connectivity index (χ4n) is 5.16. The minimum atomic E-state index is -0.103. The number of allylic oxidation sites excluding steroid dienone is 3. The molecule has 6 nitrogen and oxygen atoms in total. The average Bonchev–Trinajstić information content (AvgIpc) is 3.37. The van der Waals surface area contributed by atoms with Gasteiger partial charge in [0.1, 0.15) is 0 Å². The van der Waals surface area contributed by atoms with Gasteiger partial charge in [-0.15, -0.1) is 0 Å². The predicted octanol–water partition coefficient (Wildman–Crippen LogP) is 1.85. The van der Waals surface area contributed by atoms with Gasteiger partial charge in [-0.25, -0.2) is 0 Å². The van der Waals surface area contributed by atoms with Crippen molar-refractivity contribution >= 4 is 17.8 Å². The van der Waals surface area contributed by atoms with Gasteiger partial charge in [0.25, 0.3) is 0 Å². The molecule has 2 amide bonds. The van der Waals surface area contributed by atoms with Crippen LogP contribution < -0.4 is 10.6 Å². The third-order valence-corrected chi connectivity index (χ3v) is 6.54. The summed E-state index contributed by atoms with van der Waals surface area (Å²) in [4.78, 5) is 31.0. The third kappa shape index (κ3) is 3.54.